The lowest BCUT2D eigenvalue weighted by Gasteiger charge is -2.56. The van der Waals surface area contributed by atoms with Crippen molar-refractivity contribution in [1.82, 2.24) is 0 Å². The van der Waals surface area contributed by atoms with Gasteiger partial charge in [-0.1, -0.05) is 6.92 Å². The summed E-state index contributed by atoms with van der Waals surface area (Å²) in [6.07, 6.45) is 5.87. The van der Waals surface area contributed by atoms with Gasteiger partial charge in [0.2, 0.25) is 12.1 Å². The van der Waals surface area contributed by atoms with Gasteiger partial charge in [0.25, 0.3) is 0 Å². The Morgan fingerprint density at radius 2 is 2.05 bits per heavy atom. The number of fused-ring (bicyclic) bond motifs is 2. The van der Waals surface area contributed by atoms with Crippen LogP contribution in [0.25, 0.3) is 0 Å². The summed E-state index contributed by atoms with van der Waals surface area (Å²) in [6, 6.07) is 0. The number of rotatable bonds is 0. The van der Waals surface area contributed by atoms with Gasteiger partial charge in [0.15, 0.2) is 5.60 Å². The molecule has 4 nitrogen and oxygen atoms in total. The third kappa shape index (κ3) is 1.45. The van der Waals surface area contributed by atoms with Gasteiger partial charge in [-0.2, -0.15) is 0 Å². The second-order valence-corrected chi connectivity index (χ2v) is 6.85. The lowest BCUT2D eigenvalue weighted by molar-refractivity contribution is -0.555. The summed E-state index contributed by atoms with van der Waals surface area (Å²) in [6.45, 7) is 6.40. The zero-order valence-electron chi connectivity index (χ0n) is 11.8. The Kier molecular flexibility index (Phi) is 2.40. The largest absolute Gasteiger partial charge is 0.469 e. The van der Waals surface area contributed by atoms with Gasteiger partial charge in [0.1, 0.15) is 0 Å². The minimum atomic E-state index is -0.656. The van der Waals surface area contributed by atoms with E-state index in [-0.39, 0.29) is 6.29 Å². The highest BCUT2D eigenvalue weighted by atomic mass is 17.3. The molecule has 1 spiro atoms. The molecule has 4 unspecified atom stereocenters. The number of ether oxygens (including phenoxy) is 2. The van der Waals surface area contributed by atoms with Crippen molar-refractivity contribution >= 4 is 0 Å². The van der Waals surface area contributed by atoms with Gasteiger partial charge >= 0.3 is 0 Å². The average molecular weight is 266 g/mol. The Labute approximate surface area is 114 Å². The highest BCUT2D eigenvalue weighted by Crippen LogP contribution is 2.59. The Morgan fingerprint density at radius 3 is 2.89 bits per heavy atom. The molecule has 4 heteroatoms. The molecule has 4 fully saturated rings. The van der Waals surface area contributed by atoms with Crippen molar-refractivity contribution in [2.24, 2.45) is 17.8 Å². The molecule has 1 aliphatic carbocycles. The topological polar surface area (TPSA) is 36.9 Å². The normalized spacial score (nSPS) is 55.8. The molecule has 4 heterocycles. The molecular formula is C15H22O4. The van der Waals surface area contributed by atoms with Crippen molar-refractivity contribution in [2.45, 2.75) is 64.1 Å². The predicted molar refractivity (Wildman–Crippen MR) is 67.6 cm³/mol. The third-order valence-corrected chi connectivity index (χ3v) is 5.65. The quantitative estimate of drug-likeness (QED) is 0.631. The molecule has 0 N–H and O–H groups in total. The summed E-state index contributed by atoms with van der Waals surface area (Å²) >= 11 is 0. The fourth-order valence-electron chi connectivity index (χ4n) is 4.55. The number of hydrogen-bond donors (Lipinski definition) is 0. The van der Waals surface area contributed by atoms with Crippen LogP contribution in [0, 0.1) is 17.8 Å². The second-order valence-electron chi connectivity index (χ2n) is 6.85. The zero-order chi connectivity index (χ0) is 13.3. The fourth-order valence-corrected chi connectivity index (χ4v) is 4.55. The first-order valence-electron chi connectivity index (χ1n) is 7.42. The molecule has 0 aromatic heterocycles. The van der Waals surface area contributed by atoms with E-state index in [9.17, 15) is 0 Å². The maximum Gasteiger partial charge on any atom is 0.235 e. The summed E-state index contributed by atoms with van der Waals surface area (Å²) in [4.78, 5) is 11.7. The van der Waals surface area contributed by atoms with Crippen LogP contribution in [0.15, 0.2) is 11.8 Å². The molecule has 1 saturated carbocycles. The van der Waals surface area contributed by atoms with Crippen molar-refractivity contribution in [3.05, 3.63) is 11.8 Å². The van der Waals surface area contributed by atoms with Crippen molar-refractivity contribution in [3.8, 4) is 0 Å². The van der Waals surface area contributed by atoms with E-state index in [1.807, 2.05) is 13.2 Å². The number of hydrogen-bond acceptors (Lipinski definition) is 4. The summed E-state index contributed by atoms with van der Waals surface area (Å²) in [5, 5.41) is 0. The van der Waals surface area contributed by atoms with Crippen LogP contribution in [0.1, 0.15) is 46.5 Å². The molecule has 2 bridgehead atoms. The van der Waals surface area contributed by atoms with Crippen LogP contribution in [0.4, 0.5) is 0 Å². The minimum absolute atomic E-state index is 0.324. The van der Waals surface area contributed by atoms with Gasteiger partial charge in [-0.3, -0.25) is 0 Å². The van der Waals surface area contributed by atoms with E-state index in [0.717, 1.165) is 19.3 Å². The van der Waals surface area contributed by atoms with E-state index in [0.29, 0.717) is 17.8 Å². The molecule has 3 saturated heterocycles. The van der Waals surface area contributed by atoms with Crippen LogP contribution in [0.3, 0.4) is 0 Å². The zero-order valence-corrected chi connectivity index (χ0v) is 11.8. The Hall–Kier alpha value is -0.580. The highest BCUT2D eigenvalue weighted by Gasteiger charge is 2.67. The molecule has 4 aliphatic heterocycles. The fraction of sp³-hybridized carbons (Fsp3) is 0.867. The van der Waals surface area contributed by atoms with Gasteiger partial charge in [0.05, 0.1) is 6.26 Å². The van der Waals surface area contributed by atoms with E-state index in [1.165, 1.54) is 12.0 Å². The molecule has 5 aliphatic rings. The first kappa shape index (κ1) is 12.2. The molecule has 106 valence electrons. The highest BCUT2D eigenvalue weighted by molar-refractivity contribution is 5.19. The van der Waals surface area contributed by atoms with Crippen molar-refractivity contribution < 1.29 is 19.2 Å². The van der Waals surface area contributed by atoms with E-state index < -0.39 is 11.4 Å². The Bertz CT molecular complexity index is 434. The first-order valence-corrected chi connectivity index (χ1v) is 7.42. The van der Waals surface area contributed by atoms with Crippen LogP contribution in [0.5, 0.6) is 0 Å². The van der Waals surface area contributed by atoms with Crippen LogP contribution in [-0.4, -0.2) is 17.7 Å². The molecule has 19 heavy (non-hydrogen) atoms. The van der Waals surface area contributed by atoms with Gasteiger partial charge < -0.3 is 9.47 Å². The molecule has 5 rings (SSSR count). The summed E-state index contributed by atoms with van der Waals surface area (Å²) < 4.78 is 12.0. The Morgan fingerprint density at radius 1 is 1.21 bits per heavy atom. The average Bonchev–Trinajstić information content (AvgIpc) is 2.61. The first-order chi connectivity index (χ1) is 9.05. The van der Waals surface area contributed by atoms with Crippen LogP contribution in [-0.2, 0) is 19.2 Å². The molecule has 0 amide bonds. The minimum Gasteiger partial charge on any atom is -0.469 e. The maximum absolute atomic E-state index is 6.11. The van der Waals surface area contributed by atoms with E-state index in [1.54, 1.807) is 0 Å². The standard InChI is InChI=1S/C15H22O4/c1-9-4-5-11-10(2)8-16-13-15(11)12(9)6-7-14(3,17-13)18-19-15/h8-9,11-13H,4-7H2,1-3H3/t9-,11?,12?,13?,14?,15+/m1/s1. The smallest absolute Gasteiger partial charge is 0.235 e. The monoisotopic (exact) mass is 266 g/mol. The molecule has 0 aromatic rings. The third-order valence-electron chi connectivity index (χ3n) is 5.65. The Balaban J connectivity index is 1.85. The lowest BCUT2D eigenvalue weighted by atomic mass is 9.60. The van der Waals surface area contributed by atoms with E-state index >= 15 is 0 Å². The van der Waals surface area contributed by atoms with Crippen LogP contribution < -0.4 is 0 Å². The SMILES string of the molecule is CC1=COC2OC3(C)CCC4[C@H](C)CCC1[C@@]24OO3. The molecule has 6 atom stereocenters. The molecule has 0 radical (unpaired) electrons. The van der Waals surface area contributed by atoms with Crippen molar-refractivity contribution in [1.29, 1.82) is 0 Å². The summed E-state index contributed by atoms with van der Waals surface area (Å²) in [5.74, 6) is 0.775. The maximum atomic E-state index is 6.11. The van der Waals surface area contributed by atoms with Gasteiger partial charge in [-0.05, 0) is 44.6 Å². The lowest BCUT2D eigenvalue weighted by Crippen LogP contribution is -2.66. The van der Waals surface area contributed by atoms with Gasteiger partial charge in [0, 0.05) is 18.3 Å². The summed E-state index contributed by atoms with van der Waals surface area (Å²) in [5.41, 5.74) is 0.817. The van der Waals surface area contributed by atoms with Crippen LogP contribution in [0.2, 0.25) is 0 Å². The van der Waals surface area contributed by atoms with Crippen molar-refractivity contribution in [2.75, 3.05) is 0 Å². The predicted octanol–water partition coefficient (Wildman–Crippen LogP) is 3.14. The van der Waals surface area contributed by atoms with Crippen LogP contribution >= 0.6 is 0 Å². The summed E-state index contributed by atoms with van der Waals surface area (Å²) in [7, 11) is 0. The van der Waals surface area contributed by atoms with E-state index in [2.05, 4.69) is 13.8 Å². The van der Waals surface area contributed by atoms with Crippen molar-refractivity contribution in [3.63, 3.8) is 0 Å². The molecule has 0 aromatic carbocycles. The van der Waals surface area contributed by atoms with Gasteiger partial charge in [-0.15, -0.1) is 0 Å². The molecular weight excluding hydrogens is 244 g/mol. The second kappa shape index (κ2) is 3.74. The van der Waals surface area contributed by atoms with Gasteiger partial charge in [-0.25, -0.2) is 9.78 Å². The van der Waals surface area contributed by atoms with E-state index in [4.69, 9.17) is 19.2 Å².